The van der Waals surface area contributed by atoms with Crippen LogP contribution in [-0.2, 0) is 0 Å². The fourth-order valence-electron chi connectivity index (χ4n) is 0.406. The highest BCUT2D eigenvalue weighted by atomic mass is 28.3. The number of rotatable bonds is 2. The van der Waals surface area contributed by atoms with Gasteiger partial charge in [-0.25, -0.2) is 0 Å². The van der Waals surface area contributed by atoms with Crippen LogP contribution < -0.4 is 0 Å². The number of hydrogen-bond acceptors (Lipinski definition) is 1. The Morgan fingerprint density at radius 3 is 2.00 bits per heavy atom. The van der Waals surface area contributed by atoms with E-state index in [0.29, 0.717) is 0 Å². The maximum Gasteiger partial charge on any atom is 0.0748 e. The van der Waals surface area contributed by atoms with Gasteiger partial charge in [-0.05, 0) is 6.04 Å². The number of aliphatic hydroxyl groups is 1. The van der Waals surface area contributed by atoms with Crippen LogP contribution >= 0.6 is 0 Å². The van der Waals surface area contributed by atoms with E-state index in [1.54, 1.807) is 0 Å². The highest BCUT2D eigenvalue weighted by Crippen LogP contribution is 2.07. The second-order valence-corrected chi connectivity index (χ2v) is 8.68. The van der Waals surface area contributed by atoms with Gasteiger partial charge in [0.05, 0.1) is 6.26 Å². The maximum atomic E-state index is 8.27. The van der Waals surface area contributed by atoms with Crippen molar-refractivity contribution in [2.24, 2.45) is 0 Å². The summed E-state index contributed by atoms with van der Waals surface area (Å²) in [7, 11) is -0.925. The number of aliphatic hydroxyl groups excluding tert-OH is 1. The summed E-state index contributed by atoms with van der Waals surface area (Å²) in [6.45, 7) is 6.81. The van der Waals surface area contributed by atoms with Crippen molar-refractivity contribution in [1.82, 2.24) is 0 Å². The maximum absolute atomic E-state index is 8.27. The van der Waals surface area contributed by atoms with Crippen LogP contribution in [0.2, 0.25) is 25.7 Å². The van der Waals surface area contributed by atoms with E-state index in [0.717, 1.165) is 12.3 Å². The molecule has 0 amide bonds. The zero-order valence-electron chi connectivity index (χ0n) is 5.81. The standard InChI is InChI=1S/C6H14OSi/c1-8(2,3)6-4-5-7/h4-5,7H,6H2,1-3H3. The molecular weight excluding hydrogens is 116 g/mol. The first kappa shape index (κ1) is 7.76. The van der Waals surface area contributed by atoms with E-state index in [-0.39, 0.29) is 0 Å². The molecule has 8 heavy (non-hydrogen) atoms. The van der Waals surface area contributed by atoms with Gasteiger partial charge in [-0.1, -0.05) is 25.7 Å². The summed E-state index contributed by atoms with van der Waals surface area (Å²) >= 11 is 0. The van der Waals surface area contributed by atoms with Gasteiger partial charge >= 0.3 is 0 Å². The van der Waals surface area contributed by atoms with Crippen LogP contribution in [0, 0.1) is 0 Å². The van der Waals surface area contributed by atoms with Gasteiger partial charge in [0.25, 0.3) is 0 Å². The molecule has 0 spiro atoms. The van der Waals surface area contributed by atoms with Crippen molar-refractivity contribution in [3.05, 3.63) is 12.3 Å². The van der Waals surface area contributed by atoms with E-state index in [9.17, 15) is 0 Å². The van der Waals surface area contributed by atoms with Crippen LogP contribution in [0.15, 0.2) is 12.3 Å². The van der Waals surface area contributed by atoms with Crippen molar-refractivity contribution in [2.75, 3.05) is 0 Å². The van der Waals surface area contributed by atoms with Gasteiger partial charge in [-0.2, -0.15) is 0 Å². The Balaban J connectivity index is 3.39. The molecule has 0 aromatic heterocycles. The molecule has 0 rings (SSSR count). The van der Waals surface area contributed by atoms with Gasteiger partial charge in [-0.3, -0.25) is 0 Å². The van der Waals surface area contributed by atoms with Gasteiger partial charge in [0, 0.05) is 8.07 Å². The van der Waals surface area contributed by atoms with Crippen LogP contribution in [0.4, 0.5) is 0 Å². The zero-order valence-corrected chi connectivity index (χ0v) is 6.81. The molecule has 0 unspecified atom stereocenters. The lowest BCUT2D eigenvalue weighted by atomic mass is 10.7. The molecule has 1 N–H and O–H groups in total. The summed E-state index contributed by atoms with van der Waals surface area (Å²) in [5, 5.41) is 8.27. The first-order valence-electron chi connectivity index (χ1n) is 2.85. The van der Waals surface area contributed by atoms with E-state index in [2.05, 4.69) is 19.6 Å². The van der Waals surface area contributed by atoms with Gasteiger partial charge in [0.2, 0.25) is 0 Å². The SMILES string of the molecule is C[Si](C)(C)CC=CO. The number of allylic oxidation sites excluding steroid dienone is 1. The van der Waals surface area contributed by atoms with Crippen LogP contribution in [0.3, 0.4) is 0 Å². The quantitative estimate of drug-likeness (QED) is 0.449. The lowest BCUT2D eigenvalue weighted by molar-refractivity contribution is 0.472. The molecule has 0 aliphatic rings. The third kappa shape index (κ3) is 5.76. The second kappa shape index (κ2) is 2.92. The van der Waals surface area contributed by atoms with Crippen molar-refractivity contribution in [3.63, 3.8) is 0 Å². The monoisotopic (exact) mass is 130 g/mol. The van der Waals surface area contributed by atoms with Crippen LogP contribution in [0.25, 0.3) is 0 Å². The predicted octanol–water partition coefficient (Wildman–Crippen LogP) is 2.40. The molecule has 0 fully saturated rings. The van der Waals surface area contributed by atoms with Crippen LogP contribution in [-0.4, -0.2) is 13.2 Å². The van der Waals surface area contributed by atoms with E-state index in [1.165, 1.54) is 0 Å². The van der Waals surface area contributed by atoms with Gasteiger partial charge in [0.15, 0.2) is 0 Å². The minimum absolute atomic E-state index is 0.925. The predicted molar refractivity (Wildman–Crippen MR) is 39.9 cm³/mol. The van der Waals surface area contributed by atoms with Crippen LogP contribution in [0.1, 0.15) is 0 Å². The molecule has 0 aromatic carbocycles. The topological polar surface area (TPSA) is 20.2 Å². The largest absolute Gasteiger partial charge is 0.516 e. The molecule has 0 aromatic rings. The molecule has 0 radical (unpaired) electrons. The van der Waals surface area contributed by atoms with Crippen molar-refractivity contribution in [1.29, 1.82) is 0 Å². The molecule has 0 aliphatic carbocycles. The Morgan fingerprint density at radius 1 is 1.38 bits per heavy atom. The second-order valence-electron chi connectivity index (χ2n) is 3.15. The first-order chi connectivity index (χ1) is 3.56. The Kier molecular flexibility index (Phi) is 2.83. The normalized spacial score (nSPS) is 12.9. The fourth-order valence-corrected chi connectivity index (χ4v) is 1.22. The van der Waals surface area contributed by atoms with Crippen molar-refractivity contribution in [2.45, 2.75) is 25.7 Å². The van der Waals surface area contributed by atoms with Crippen LogP contribution in [0.5, 0.6) is 0 Å². The summed E-state index contributed by atoms with van der Waals surface area (Å²) in [6.07, 6.45) is 2.96. The van der Waals surface area contributed by atoms with E-state index < -0.39 is 8.07 Å². The Hall–Kier alpha value is -0.243. The average Bonchev–Trinajstić information content (AvgIpc) is 1.59. The molecule has 0 saturated carbocycles. The minimum atomic E-state index is -0.925. The smallest absolute Gasteiger partial charge is 0.0748 e. The zero-order chi connectivity index (χ0) is 6.62. The molecule has 0 saturated heterocycles. The molecule has 0 aliphatic heterocycles. The summed E-state index contributed by atoms with van der Waals surface area (Å²) < 4.78 is 0. The third-order valence-corrected chi connectivity index (χ3v) is 2.30. The van der Waals surface area contributed by atoms with Crippen molar-refractivity contribution < 1.29 is 5.11 Å². The van der Waals surface area contributed by atoms with E-state index >= 15 is 0 Å². The lowest BCUT2D eigenvalue weighted by Gasteiger charge is -2.10. The van der Waals surface area contributed by atoms with Crippen molar-refractivity contribution >= 4 is 8.07 Å². The van der Waals surface area contributed by atoms with E-state index in [4.69, 9.17) is 5.11 Å². The molecule has 0 heterocycles. The van der Waals surface area contributed by atoms with Gasteiger partial charge in [-0.15, -0.1) is 0 Å². The molecule has 0 atom stereocenters. The van der Waals surface area contributed by atoms with E-state index in [1.807, 2.05) is 6.08 Å². The molecule has 48 valence electrons. The fraction of sp³-hybridized carbons (Fsp3) is 0.667. The average molecular weight is 130 g/mol. The minimum Gasteiger partial charge on any atom is -0.516 e. The van der Waals surface area contributed by atoms with Crippen molar-refractivity contribution in [3.8, 4) is 0 Å². The first-order valence-corrected chi connectivity index (χ1v) is 6.56. The van der Waals surface area contributed by atoms with Gasteiger partial charge < -0.3 is 5.11 Å². The Bertz CT molecular complexity index is 81.0. The molecule has 0 bridgehead atoms. The third-order valence-electron chi connectivity index (χ3n) is 0.836. The number of hydrogen-bond donors (Lipinski definition) is 1. The highest BCUT2D eigenvalue weighted by molar-refractivity contribution is 6.76. The summed E-state index contributed by atoms with van der Waals surface area (Å²) in [6, 6.07) is 1.07. The van der Waals surface area contributed by atoms with Gasteiger partial charge in [0.1, 0.15) is 0 Å². The molecule has 2 heteroatoms. The molecule has 1 nitrogen and oxygen atoms in total. The molecular formula is C6H14OSi. The Labute approximate surface area is 52.0 Å². The summed E-state index contributed by atoms with van der Waals surface area (Å²) in [5.41, 5.74) is 0. The highest BCUT2D eigenvalue weighted by Gasteiger charge is 2.08. The summed E-state index contributed by atoms with van der Waals surface area (Å²) in [5.74, 6) is 0. The Morgan fingerprint density at radius 2 is 1.88 bits per heavy atom. The lowest BCUT2D eigenvalue weighted by Crippen LogP contribution is -2.17. The summed E-state index contributed by atoms with van der Waals surface area (Å²) in [4.78, 5) is 0.